The fraction of sp³-hybridized carbons (Fsp3) is 0.760. The number of ether oxygens (including phenoxy) is 1. The van der Waals surface area contributed by atoms with Gasteiger partial charge >= 0.3 is 5.97 Å². The minimum Gasteiger partial charge on any atom is -0.756 e. The number of phosphoric acid groups is 1. The molecule has 9 nitrogen and oxygen atoms in total. The largest absolute Gasteiger partial charge is 0.756 e. The number of phosphoric ester groups is 1. The van der Waals surface area contributed by atoms with E-state index < -0.39 is 26.6 Å². The van der Waals surface area contributed by atoms with Crippen LogP contribution in [0.25, 0.3) is 0 Å². The van der Waals surface area contributed by atoms with Gasteiger partial charge < -0.3 is 28.5 Å². The monoisotopic (exact) mass is 1210 g/mol. The van der Waals surface area contributed by atoms with Gasteiger partial charge in [0, 0.05) is 12.8 Å². The lowest BCUT2D eigenvalue weighted by Gasteiger charge is -2.30. The summed E-state index contributed by atoms with van der Waals surface area (Å²) in [5.74, 6) is -0.555. The second-order valence-corrected chi connectivity index (χ2v) is 26.4. The SMILES string of the molecule is CCCCC/C=C\C/C=C\C/C=C\C/C=C\CCCCCCCCCCCCCC(=O)OC(/C=C\CCCCCCCCCCCCC)C(COP(=O)([O-])OCC[N+](C)(C)C)NC(=O)CCCCCCCC/C=C\C/C=C\C/C=C\CCCCC. The molecule has 0 heterocycles. The zero-order valence-electron chi connectivity index (χ0n) is 56.3. The highest BCUT2D eigenvalue weighted by Gasteiger charge is 2.27. The highest BCUT2D eigenvalue weighted by molar-refractivity contribution is 7.45. The average Bonchev–Trinajstić information content (AvgIpc) is 3.50. The summed E-state index contributed by atoms with van der Waals surface area (Å²) < 4.78 is 30.4. The van der Waals surface area contributed by atoms with Crippen molar-refractivity contribution in [2.24, 2.45) is 0 Å². The lowest BCUT2D eigenvalue weighted by Crippen LogP contribution is -2.47. The first-order chi connectivity index (χ1) is 41.4. The third-order valence-electron chi connectivity index (χ3n) is 15.5. The molecule has 0 spiro atoms. The van der Waals surface area contributed by atoms with E-state index in [-0.39, 0.29) is 24.9 Å². The number of amides is 1. The van der Waals surface area contributed by atoms with E-state index in [0.717, 1.165) is 122 Å². The first-order valence-electron chi connectivity index (χ1n) is 35.5. The lowest BCUT2D eigenvalue weighted by molar-refractivity contribution is -0.870. The smallest absolute Gasteiger partial charge is 0.306 e. The molecule has 1 amide bonds. The molecule has 0 aromatic rings. The molecule has 85 heavy (non-hydrogen) atoms. The fourth-order valence-corrected chi connectivity index (χ4v) is 10.7. The van der Waals surface area contributed by atoms with Crippen LogP contribution in [0.2, 0.25) is 0 Å². The van der Waals surface area contributed by atoms with Gasteiger partial charge in [0.1, 0.15) is 19.3 Å². The Morgan fingerprint density at radius 2 is 0.718 bits per heavy atom. The summed E-state index contributed by atoms with van der Waals surface area (Å²) in [4.78, 5) is 40.2. The van der Waals surface area contributed by atoms with E-state index in [1.165, 1.54) is 161 Å². The predicted octanol–water partition coefficient (Wildman–Crippen LogP) is 22.0. The summed E-state index contributed by atoms with van der Waals surface area (Å²) in [7, 11) is 1.17. The van der Waals surface area contributed by atoms with Crippen molar-refractivity contribution in [3.63, 3.8) is 0 Å². The van der Waals surface area contributed by atoms with Crippen LogP contribution in [0.15, 0.2) is 97.2 Å². The lowest BCUT2D eigenvalue weighted by atomic mass is 10.0. The molecule has 0 radical (unpaired) electrons. The van der Waals surface area contributed by atoms with Gasteiger partial charge in [-0.1, -0.05) is 285 Å². The Labute approximate surface area is 526 Å². The molecular weight excluding hydrogens is 1070 g/mol. The molecule has 0 saturated carbocycles. The van der Waals surface area contributed by atoms with Gasteiger partial charge in [-0.2, -0.15) is 0 Å². The van der Waals surface area contributed by atoms with E-state index in [1.807, 2.05) is 33.3 Å². The van der Waals surface area contributed by atoms with E-state index in [0.29, 0.717) is 17.4 Å². The maximum Gasteiger partial charge on any atom is 0.306 e. The van der Waals surface area contributed by atoms with Crippen LogP contribution in [0.4, 0.5) is 0 Å². The van der Waals surface area contributed by atoms with Crippen LogP contribution in [0.5, 0.6) is 0 Å². The topological polar surface area (TPSA) is 114 Å². The number of carbonyl (C=O) groups excluding carboxylic acids is 2. The molecule has 0 aromatic heterocycles. The number of nitrogens with zero attached hydrogens (tertiary/aromatic N) is 1. The Hall–Kier alpha value is -3.07. The van der Waals surface area contributed by atoms with Crippen LogP contribution in [0, 0.1) is 0 Å². The average molecular weight is 1210 g/mol. The van der Waals surface area contributed by atoms with E-state index in [2.05, 4.69) is 111 Å². The van der Waals surface area contributed by atoms with Gasteiger partial charge in [0.05, 0.1) is 33.8 Å². The van der Waals surface area contributed by atoms with Crippen molar-refractivity contribution in [3.05, 3.63) is 97.2 Å². The number of quaternary nitrogens is 1. The third kappa shape index (κ3) is 65.2. The molecule has 10 heteroatoms. The maximum atomic E-state index is 13.6. The fourth-order valence-electron chi connectivity index (χ4n) is 9.98. The zero-order chi connectivity index (χ0) is 62.1. The summed E-state index contributed by atoms with van der Waals surface area (Å²) in [6.45, 7) is 6.80. The molecule has 0 aliphatic carbocycles. The Bertz CT molecular complexity index is 1780. The van der Waals surface area contributed by atoms with Gasteiger partial charge in [0.15, 0.2) is 0 Å². The predicted molar refractivity (Wildman–Crippen MR) is 367 cm³/mol. The minimum absolute atomic E-state index is 0.0290. The van der Waals surface area contributed by atoms with Crippen LogP contribution in [-0.2, 0) is 27.9 Å². The van der Waals surface area contributed by atoms with Crippen molar-refractivity contribution >= 4 is 19.7 Å². The molecule has 492 valence electrons. The minimum atomic E-state index is -4.71. The Morgan fingerprint density at radius 3 is 1.09 bits per heavy atom. The molecule has 0 saturated heterocycles. The number of rotatable bonds is 64. The number of nitrogens with one attached hydrogen (secondary N) is 1. The molecular formula is C75H135N2O7P. The Kier molecular flexibility index (Phi) is 61.6. The maximum absolute atomic E-state index is 13.6. The third-order valence-corrected chi connectivity index (χ3v) is 16.5. The van der Waals surface area contributed by atoms with E-state index in [1.54, 1.807) is 0 Å². The summed E-state index contributed by atoms with van der Waals surface area (Å²) in [6, 6.07) is -0.903. The van der Waals surface area contributed by atoms with Crippen LogP contribution in [0.3, 0.4) is 0 Å². The second kappa shape index (κ2) is 63.9. The van der Waals surface area contributed by atoms with Crippen molar-refractivity contribution in [2.45, 2.75) is 328 Å². The summed E-state index contributed by atoms with van der Waals surface area (Å²) in [5.41, 5.74) is 0. The summed E-state index contributed by atoms with van der Waals surface area (Å²) in [5, 5.41) is 3.03. The summed E-state index contributed by atoms with van der Waals surface area (Å²) >= 11 is 0. The second-order valence-electron chi connectivity index (χ2n) is 25.0. The van der Waals surface area contributed by atoms with E-state index in [4.69, 9.17) is 13.8 Å². The number of hydrogen-bond donors (Lipinski definition) is 1. The number of esters is 1. The van der Waals surface area contributed by atoms with Crippen molar-refractivity contribution in [3.8, 4) is 0 Å². The number of likely N-dealkylation sites (N-methyl/N-ethyl adjacent to an activating group) is 1. The van der Waals surface area contributed by atoms with Crippen molar-refractivity contribution in [1.29, 1.82) is 0 Å². The highest BCUT2D eigenvalue weighted by atomic mass is 31.2. The molecule has 3 unspecified atom stereocenters. The van der Waals surface area contributed by atoms with Gasteiger partial charge in [0.25, 0.3) is 7.82 Å². The van der Waals surface area contributed by atoms with E-state index in [9.17, 15) is 19.0 Å². The molecule has 0 bridgehead atoms. The number of unbranched alkanes of at least 4 members (excludes halogenated alkanes) is 34. The first kappa shape index (κ1) is 81.9. The van der Waals surface area contributed by atoms with Crippen LogP contribution >= 0.6 is 7.82 Å². The van der Waals surface area contributed by atoms with Crippen LogP contribution in [-0.4, -0.2) is 69.4 Å². The number of hydrogen-bond acceptors (Lipinski definition) is 7. The first-order valence-corrected chi connectivity index (χ1v) is 37.0. The van der Waals surface area contributed by atoms with Crippen molar-refractivity contribution in [1.82, 2.24) is 5.32 Å². The van der Waals surface area contributed by atoms with Crippen LogP contribution in [0.1, 0.15) is 316 Å². The number of carbonyl (C=O) groups is 2. The van der Waals surface area contributed by atoms with Gasteiger partial charge in [-0.3, -0.25) is 14.2 Å². The van der Waals surface area contributed by atoms with Crippen molar-refractivity contribution < 1.29 is 37.3 Å². The molecule has 3 atom stereocenters. The van der Waals surface area contributed by atoms with Gasteiger partial charge in [-0.05, 0) is 115 Å². The molecule has 0 rings (SSSR count). The molecule has 0 aliphatic heterocycles. The molecule has 0 fully saturated rings. The quantitative estimate of drug-likeness (QED) is 0.0212. The number of allylic oxidation sites excluding steroid dienone is 15. The molecule has 1 N–H and O–H groups in total. The van der Waals surface area contributed by atoms with Crippen molar-refractivity contribution in [2.75, 3.05) is 40.9 Å². The Balaban J connectivity index is 5.12. The van der Waals surface area contributed by atoms with Gasteiger partial charge in [-0.15, -0.1) is 0 Å². The molecule has 0 aliphatic rings. The van der Waals surface area contributed by atoms with E-state index >= 15 is 0 Å². The molecule has 0 aromatic carbocycles. The zero-order valence-corrected chi connectivity index (χ0v) is 57.2. The van der Waals surface area contributed by atoms with Gasteiger partial charge in [0.2, 0.25) is 5.91 Å². The van der Waals surface area contributed by atoms with Crippen LogP contribution < -0.4 is 10.2 Å². The standard InChI is InChI=1S/C75H135N2O7P/c1-7-10-13-16-19-22-25-28-30-32-34-35-36-37-38-39-40-41-43-45-47-50-53-56-59-62-65-68-75(79)84-73(66-63-60-57-54-51-48-27-24-21-18-15-12-9-3)72(71-83-85(80,81)82-70-69-77(4,5)6)76-74(78)67-64-61-58-55-52-49-46-44-42-33-31-29-26-23-20-17-14-11-8-2/h19-20,22-23,28-31,34-35,37-38,42,44,63,66,72-73H,7-18,21,24-27,32-33,36,39-41,43,45-62,64-65,67-71H2,1-6H3,(H-,76,78,80,81)/b22-19-,23-20-,30-28-,31-29-,35-34-,38-37-,44-42-,66-63-. The highest BCUT2D eigenvalue weighted by Crippen LogP contribution is 2.38. The Morgan fingerprint density at radius 1 is 0.412 bits per heavy atom. The van der Waals surface area contributed by atoms with Gasteiger partial charge in [-0.25, -0.2) is 0 Å². The summed E-state index contributed by atoms with van der Waals surface area (Å²) in [6.07, 6.45) is 86.6. The normalized spacial score (nSPS) is 14.1.